The fraction of sp³-hybridized carbons (Fsp3) is 0.667. The number of nitrogens with one attached hydrogen (secondary N) is 1. The van der Waals surface area contributed by atoms with Crippen molar-refractivity contribution in [1.29, 1.82) is 0 Å². The summed E-state index contributed by atoms with van der Waals surface area (Å²) >= 11 is 0. The summed E-state index contributed by atoms with van der Waals surface area (Å²) in [4.78, 5) is 10.6. The average Bonchev–Trinajstić information content (AvgIpc) is 2.85. The van der Waals surface area contributed by atoms with Crippen molar-refractivity contribution in [3.8, 4) is 0 Å². The van der Waals surface area contributed by atoms with Crippen LogP contribution < -0.4 is 11.1 Å². The van der Waals surface area contributed by atoms with Crippen molar-refractivity contribution in [3.63, 3.8) is 0 Å². The first-order valence-corrected chi connectivity index (χ1v) is 6.28. The van der Waals surface area contributed by atoms with Crippen LogP contribution in [0.5, 0.6) is 0 Å². The quantitative estimate of drug-likeness (QED) is 0.806. The van der Waals surface area contributed by atoms with Crippen LogP contribution in [0.25, 0.3) is 0 Å². The Balaban J connectivity index is 1.74. The minimum Gasteiger partial charge on any atom is -0.381 e. The van der Waals surface area contributed by atoms with Crippen molar-refractivity contribution < 1.29 is 0 Å². The second-order valence-corrected chi connectivity index (χ2v) is 4.64. The Hall–Kier alpha value is -1.36. The molecule has 5 heteroatoms. The second-order valence-electron chi connectivity index (χ2n) is 4.64. The van der Waals surface area contributed by atoms with Crippen LogP contribution in [0, 0.1) is 0 Å². The van der Waals surface area contributed by atoms with E-state index in [4.69, 9.17) is 5.73 Å². The molecule has 5 nitrogen and oxygen atoms in total. The monoisotopic (exact) mass is 235 g/mol. The number of nitrogen functional groups attached to an aromatic ring is 1. The van der Waals surface area contributed by atoms with Crippen molar-refractivity contribution in [2.24, 2.45) is 0 Å². The van der Waals surface area contributed by atoms with Gasteiger partial charge in [-0.2, -0.15) is 0 Å². The molecule has 3 N–H and O–H groups in total. The van der Waals surface area contributed by atoms with E-state index in [2.05, 4.69) is 27.2 Å². The first-order chi connectivity index (χ1) is 8.27. The van der Waals surface area contributed by atoms with Crippen LogP contribution in [0.15, 0.2) is 12.4 Å². The lowest BCUT2D eigenvalue weighted by atomic mass is 10.2. The minimum absolute atomic E-state index is 0.469. The van der Waals surface area contributed by atoms with Gasteiger partial charge in [0.1, 0.15) is 0 Å². The second kappa shape index (κ2) is 5.82. The van der Waals surface area contributed by atoms with Gasteiger partial charge in [0, 0.05) is 31.5 Å². The third-order valence-corrected chi connectivity index (χ3v) is 3.43. The van der Waals surface area contributed by atoms with Gasteiger partial charge in [-0.25, -0.2) is 9.97 Å². The number of hydrogen-bond acceptors (Lipinski definition) is 5. The molecule has 1 aromatic heterocycles. The van der Waals surface area contributed by atoms with Crippen LogP contribution in [0.2, 0.25) is 0 Å². The normalized spacial score (nSPS) is 16.6. The minimum atomic E-state index is 0.469. The third kappa shape index (κ3) is 3.30. The summed E-state index contributed by atoms with van der Waals surface area (Å²) in [7, 11) is 2.19. The predicted molar refractivity (Wildman–Crippen MR) is 69.8 cm³/mol. The van der Waals surface area contributed by atoms with Gasteiger partial charge in [-0.15, -0.1) is 0 Å². The molecular weight excluding hydrogens is 214 g/mol. The van der Waals surface area contributed by atoms with Crippen LogP contribution in [-0.2, 0) is 0 Å². The highest BCUT2D eigenvalue weighted by molar-refractivity contribution is 5.54. The van der Waals surface area contributed by atoms with Gasteiger partial charge in [-0.1, -0.05) is 12.8 Å². The van der Waals surface area contributed by atoms with E-state index in [1.54, 1.807) is 12.4 Å². The Morgan fingerprint density at radius 2 is 2.06 bits per heavy atom. The molecule has 0 aliphatic heterocycles. The number of hydrogen-bond donors (Lipinski definition) is 2. The summed E-state index contributed by atoms with van der Waals surface area (Å²) in [5.41, 5.74) is 5.71. The lowest BCUT2D eigenvalue weighted by molar-refractivity contribution is 0.254. The lowest BCUT2D eigenvalue weighted by Gasteiger charge is -2.24. The van der Waals surface area contributed by atoms with Crippen molar-refractivity contribution in [2.45, 2.75) is 31.7 Å². The van der Waals surface area contributed by atoms with Crippen LogP contribution in [0.1, 0.15) is 25.7 Å². The molecule has 0 spiro atoms. The molecule has 1 heterocycles. The molecule has 0 amide bonds. The average molecular weight is 235 g/mol. The van der Waals surface area contributed by atoms with Crippen molar-refractivity contribution in [1.82, 2.24) is 14.9 Å². The molecule has 1 fully saturated rings. The molecule has 17 heavy (non-hydrogen) atoms. The topological polar surface area (TPSA) is 67.1 Å². The van der Waals surface area contributed by atoms with E-state index in [-0.39, 0.29) is 0 Å². The number of aromatic nitrogens is 2. The number of likely N-dealkylation sites (N-methyl/N-ethyl adjacent to an activating group) is 1. The van der Waals surface area contributed by atoms with Gasteiger partial charge in [-0.3, -0.25) is 0 Å². The van der Waals surface area contributed by atoms with Crippen LogP contribution in [0.4, 0.5) is 11.6 Å². The first kappa shape index (κ1) is 12.1. The Kier molecular flexibility index (Phi) is 4.14. The molecule has 0 unspecified atom stereocenters. The Bertz CT molecular complexity index is 349. The molecule has 94 valence electrons. The maximum absolute atomic E-state index is 5.71. The summed E-state index contributed by atoms with van der Waals surface area (Å²) in [6.07, 6.45) is 8.68. The van der Waals surface area contributed by atoms with Gasteiger partial charge in [0.05, 0.1) is 0 Å². The van der Waals surface area contributed by atoms with Gasteiger partial charge in [-0.05, 0) is 19.9 Å². The lowest BCUT2D eigenvalue weighted by Crippen LogP contribution is -2.33. The molecule has 0 aromatic carbocycles. The van der Waals surface area contributed by atoms with Gasteiger partial charge in [0.15, 0.2) is 11.6 Å². The van der Waals surface area contributed by atoms with Crippen LogP contribution >= 0.6 is 0 Å². The highest BCUT2D eigenvalue weighted by atomic mass is 15.2. The van der Waals surface area contributed by atoms with E-state index in [1.165, 1.54) is 25.7 Å². The highest BCUT2D eigenvalue weighted by Crippen LogP contribution is 2.22. The van der Waals surface area contributed by atoms with E-state index in [1.807, 2.05) is 0 Å². The predicted octanol–water partition coefficient (Wildman–Crippen LogP) is 1.35. The van der Waals surface area contributed by atoms with Gasteiger partial charge in [0.2, 0.25) is 0 Å². The van der Waals surface area contributed by atoms with E-state index >= 15 is 0 Å². The molecule has 0 radical (unpaired) electrons. The summed E-state index contributed by atoms with van der Waals surface area (Å²) in [5.74, 6) is 1.16. The van der Waals surface area contributed by atoms with Crippen molar-refractivity contribution in [3.05, 3.63) is 12.4 Å². The van der Waals surface area contributed by atoms with E-state index in [0.717, 1.165) is 19.1 Å². The van der Waals surface area contributed by atoms with Crippen LogP contribution in [0.3, 0.4) is 0 Å². The standard InChI is InChI=1S/C12H21N5/c1-17(10-4-2-3-5-10)9-8-16-12-11(13)14-6-7-15-12/h6-7,10H,2-5,8-9H2,1H3,(H2,13,14)(H,15,16). The summed E-state index contributed by atoms with van der Waals surface area (Å²) in [5, 5.41) is 3.23. The van der Waals surface area contributed by atoms with Crippen molar-refractivity contribution in [2.75, 3.05) is 31.2 Å². The molecule has 1 aliphatic rings. The molecular formula is C12H21N5. The Morgan fingerprint density at radius 1 is 1.35 bits per heavy atom. The molecule has 0 saturated heterocycles. The van der Waals surface area contributed by atoms with Crippen molar-refractivity contribution >= 4 is 11.6 Å². The van der Waals surface area contributed by atoms with Gasteiger partial charge in [0.25, 0.3) is 0 Å². The molecule has 0 atom stereocenters. The maximum Gasteiger partial charge on any atom is 0.168 e. The molecule has 0 bridgehead atoms. The zero-order valence-electron chi connectivity index (χ0n) is 10.4. The summed E-state index contributed by atoms with van der Waals surface area (Å²) in [6, 6.07) is 0.760. The third-order valence-electron chi connectivity index (χ3n) is 3.43. The fourth-order valence-corrected chi connectivity index (χ4v) is 2.36. The number of anilines is 2. The van der Waals surface area contributed by atoms with Crippen LogP contribution in [-0.4, -0.2) is 41.0 Å². The molecule has 2 rings (SSSR count). The number of nitrogens with two attached hydrogens (primary N) is 1. The maximum atomic E-state index is 5.71. The van der Waals surface area contributed by atoms with E-state index < -0.39 is 0 Å². The van der Waals surface area contributed by atoms with E-state index in [0.29, 0.717) is 11.6 Å². The highest BCUT2D eigenvalue weighted by Gasteiger charge is 2.18. The fourth-order valence-electron chi connectivity index (χ4n) is 2.36. The molecule has 1 aliphatic carbocycles. The number of rotatable bonds is 5. The molecule has 1 aromatic rings. The van der Waals surface area contributed by atoms with Gasteiger partial charge < -0.3 is 16.0 Å². The SMILES string of the molecule is CN(CCNc1nccnc1N)C1CCCC1. The largest absolute Gasteiger partial charge is 0.381 e. The summed E-state index contributed by atoms with van der Waals surface area (Å²) < 4.78 is 0. The first-order valence-electron chi connectivity index (χ1n) is 6.28. The van der Waals surface area contributed by atoms with Gasteiger partial charge >= 0.3 is 0 Å². The van der Waals surface area contributed by atoms with E-state index in [9.17, 15) is 0 Å². The zero-order valence-corrected chi connectivity index (χ0v) is 10.4. The Morgan fingerprint density at radius 3 is 2.76 bits per heavy atom. The number of nitrogens with zero attached hydrogens (tertiary/aromatic N) is 3. The Labute approximate surface area is 102 Å². The zero-order chi connectivity index (χ0) is 12.1. The smallest absolute Gasteiger partial charge is 0.168 e. The summed E-state index contributed by atoms with van der Waals surface area (Å²) in [6.45, 7) is 1.87. The molecule has 1 saturated carbocycles.